The summed E-state index contributed by atoms with van der Waals surface area (Å²) in [6.45, 7) is 15.2. The van der Waals surface area contributed by atoms with Crippen molar-refractivity contribution in [3.63, 3.8) is 0 Å². The highest BCUT2D eigenvalue weighted by Crippen LogP contribution is 2.36. The van der Waals surface area contributed by atoms with Crippen LogP contribution in [0.2, 0.25) is 0 Å². The lowest BCUT2D eigenvalue weighted by Gasteiger charge is -2.44. The molecule has 1 aliphatic rings. The molecule has 16 heavy (non-hydrogen) atoms. The van der Waals surface area contributed by atoms with Crippen molar-refractivity contribution in [3.05, 3.63) is 0 Å². The monoisotopic (exact) mass is 228 g/mol. The molecule has 0 amide bonds. The molecule has 0 N–H and O–H groups in total. The third-order valence-corrected chi connectivity index (χ3v) is 3.12. The van der Waals surface area contributed by atoms with Gasteiger partial charge in [0.15, 0.2) is 0 Å². The fourth-order valence-corrected chi connectivity index (χ4v) is 2.21. The summed E-state index contributed by atoms with van der Waals surface area (Å²) in [7, 11) is 0. The molecule has 0 aromatic rings. The van der Waals surface area contributed by atoms with Gasteiger partial charge in [0.05, 0.1) is 12.2 Å². The lowest BCUT2D eigenvalue weighted by molar-refractivity contribution is -0.165. The Balaban J connectivity index is 2.86. The van der Waals surface area contributed by atoms with Gasteiger partial charge in [0.2, 0.25) is 0 Å². The molecular formula is C14H28O2. The zero-order valence-electron chi connectivity index (χ0n) is 11.8. The van der Waals surface area contributed by atoms with E-state index in [9.17, 15) is 0 Å². The number of rotatable bonds is 0. The molecule has 0 radical (unpaired) electrons. The van der Waals surface area contributed by atoms with E-state index < -0.39 is 0 Å². The molecule has 0 saturated carbocycles. The van der Waals surface area contributed by atoms with Gasteiger partial charge in [-0.2, -0.15) is 0 Å². The van der Waals surface area contributed by atoms with Gasteiger partial charge in [-0.1, -0.05) is 41.5 Å². The second kappa shape index (κ2) is 5.05. The normalized spacial score (nSPS) is 29.6. The summed E-state index contributed by atoms with van der Waals surface area (Å²) in [6.07, 6.45) is 2.60. The highest BCUT2D eigenvalue weighted by atomic mass is 16.5. The molecule has 0 aliphatic carbocycles. The molecule has 1 heterocycles. The number of hydrogen-bond acceptors (Lipinski definition) is 2. The Morgan fingerprint density at radius 2 is 1.00 bits per heavy atom. The lowest BCUT2D eigenvalue weighted by Crippen LogP contribution is -2.49. The van der Waals surface area contributed by atoms with Gasteiger partial charge >= 0.3 is 0 Å². The predicted octanol–water partition coefficient (Wildman–Crippen LogP) is 3.64. The average molecular weight is 228 g/mol. The average Bonchev–Trinajstić information content (AvgIpc) is 1.96. The van der Waals surface area contributed by atoms with E-state index in [2.05, 4.69) is 41.5 Å². The summed E-state index contributed by atoms with van der Waals surface area (Å²) >= 11 is 0. The highest BCUT2D eigenvalue weighted by Gasteiger charge is 2.41. The summed E-state index contributed by atoms with van der Waals surface area (Å²) in [5.74, 6) is 0. The maximum absolute atomic E-state index is 6.06. The van der Waals surface area contributed by atoms with Gasteiger partial charge in [-0.15, -0.1) is 0 Å². The smallest absolute Gasteiger partial charge is 0.0889 e. The van der Waals surface area contributed by atoms with E-state index in [-0.39, 0.29) is 23.0 Å². The van der Waals surface area contributed by atoms with Crippen LogP contribution < -0.4 is 0 Å². The molecule has 2 atom stereocenters. The predicted molar refractivity (Wildman–Crippen MR) is 67.6 cm³/mol. The number of ether oxygens (including phenoxy) is 2. The molecule has 0 bridgehead atoms. The molecule has 96 valence electrons. The molecular weight excluding hydrogens is 200 g/mol. The fourth-order valence-electron chi connectivity index (χ4n) is 2.21. The topological polar surface area (TPSA) is 18.5 Å². The minimum Gasteiger partial charge on any atom is -0.375 e. The fraction of sp³-hybridized carbons (Fsp3) is 1.00. The van der Waals surface area contributed by atoms with Crippen LogP contribution in [0, 0.1) is 10.8 Å². The van der Waals surface area contributed by atoms with E-state index in [1.54, 1.807) is 0 Å². The maximum Gasteiger partial charge on any atom is 0.0889 e. The third-order valence-electron chi connectivity index (χ3n) is 3.12. The van der Waals surface area contributed by atoms with E-state index >= 15 is 0 Å². The van der Waals surface area contributed by atoms with Gasteiger partial charge in [0.25, 0.3) is 0 Å². The van der Waals surface area contributed by atoms with Gasteiger partial charge < -0.3 is 9.47 Å². The second-order valence-corrected chi connectivity index (χ2v) is 7.02. The second-order valence-electron chi connectivity index (χ2n) is 7.02. The zero-order chi connectivity index (χ0) is 12.4. The van der Waals surface area contributed by atoms with Crippen molar-refractivity contribution in [1.82, 2.24) is 0 Å². The van der Waals surface area contributed by atoms with E-state index in [1.165, 1.54) is 0 Å². The van der Waals surface area contributed by atoms with Crippen LogP contribution >= 0.6 is 0 Å². The summed E-state index contributed by atoms with van der Waals surface area (Å²) in [5.41, 5.74) is 0.268. The van der Waals surface area contributed by atoms with Crippen molar-refractivity contribution < 1.29 is 9.47 Å². The molecule has 1 fully saturated rings. The Hall–Kier alpha value is -0.0800. The minimum absolute atomic E-state index is 0.134. The highest BCUT2D eigenvalue weighted by molar-refractivity contribution is 4.90. The SMILES string of the molecule is CC(C)(C)C1OCCCCOC1C(C)(C)C. The van der Waals surface area contributed by atoms with E-state index in [1.807, 2.05) is 0 Å². The summed E-state index contributed by atoms with van der Waals surface area (Å²) < 4.78 is 12.1. The quantitative estimate of drug-likeness (QED) is 0.630. The van der Waals surface area contributed by atoms with Crippen molar-refractivity contribution in [3.8, 4) is 0 Å². The van der Waals surface area contributed by atoms with Crippen LogP contribution in [0.5, 0.6) is 0 Å². The first-order chi connectivity index (χ1) is 7.23. The van der Waals surface area contributed by atoms with Crippen LogP contribution in [0.1, 0.15) is 54.4 Å². The van der Waals surface area contributed by atoms with Crippen LogP contribution in [0.4, 0.5) is 0 Å². The third kappa shape index (κ3) is 3.74. The van der Waals surface area contributed by atoms with Crippen LogP contribution in [0.3, 0.4) is 0 Å². The maximum atomic E-state index is 6.06. The van der Waals surface area contributed by atoms with Crippen molar-refractivity contribution in [1.29, 1.82) is 0 Å². The Bertz CT molecular complexity index is 186. The van der Waals surface area contributed by atoms with E-state index in [0.29, 0.717) is 0 Å². The van der Waals surface area contributed by atoms with Gasteiger partial charge in [0, 0.05) is 13.2 Å². The van der Waals surface area contributed by atoms with Crippen molar-refractivity contribution in [2.24, 2.45) is 10.8 Å². The largest absolute Gasteiger partial charge is 0.375 e. The first-order valence-corrected chi connectivity index (χ1v) is 6.46. The van der Waals surface area contributed by atoms with Crippen LogP contribution in [0.15, 0.2) is 0 Å². The van der Waals surface area contributed by atoms with Gasteiger partial charge in [-0.3, -0.25) is 0 Å². The molecule has 0 aromatic heterocycles. The van der Waals surface area contributed by atoms with Crippen molar-refractivity contribution in [2.45, 2.75) is 66.6 Å². The first-order valence-electron chi connectivity index (χ1n) is 6.46. The zero-order valence-corrected chi connectivity index (χ0v) is 11.8. The summed E-state index contributed by atoms with van der Waals surface area (Å²) in [5, 5.41) is 0. The summed E-state index contributed by atoms with van der Waals surface area (Å²) in [6, 6.07) is 0. The van der Waals surface area contributed by atoms with E-state index in [4.69, 9.17) is 9.47 Å². The molecule has 2 heteroatoms. The Morgan fingerprint density at radius 1 is 0.688 bits per heavy atom. The number of hydrogen-bond donors (Lipinski definition) is 0. The Kier molecular flexibility index (Phi) is 4.42. The van der Waals surface area contributed by atoms with E-state index in [0.717, 1.165) is 26.1 Å². The molecule has 2 unspecified atom stereocenters. The van der Waals surface area contributed by atoms with Gasteiger partial charge in [-0.25, -0.2) is 0 Å². The molecule has 0 spiro atoms. The molecule has 0 aromatic carbocycles. The Labute approximate surface area is 101 Å². The van der Waals surface area contributed by atoms with Crippen molar-refractivity contribution in [2.75, 3.05) is 13.2 Å². The molecule has 2 nitrogen and oxygen atoms in total. The van der Waals surface area contributed by atoms with Crippen LogP contribution in [0.25, 0.3) is 0 Å². The molecule has 1 aliphatic heterocycles. The molecule has 1 saturated heterocycles. The molecule has 1 rings (SSSR count). The standard InChI is InChI=1S/C14H28O2/c1-13(2,3)11-12(14(4,5)6)16-10-8-7-9-15-11/h11-12H,7-10H2,1-6H3. The van der Waals surface area contributed by atoms with Crippen molar-refractivity contribution >= 4 is 0 Å². The van der Waals surface area contributed by atoms with Gasteiger partial charge in [-0.05, 0) is 23.7 Å². The van der Waals surface area contributed by atoms with Crippen LogP contribution in [-0.4, -0.2) is 25.4 Å². The Morgan fingerprint density at radius 3 is 1.25 bits per heavy atom. The first kappa shape index (κ1) is 14.0. The van der Waals surface area contributed by atoms with Crippen LogP contribution in [-0.2, 0) is 9.47 Å². The lowest BCUT2D eigenvalue weighted by atomic mass is 9.76. The minimum atomic E-state index is 0.134. The summed E-state index contributed by atoms with van der Waals surface area (Å²) in [4.78, 5) is 0. The van der Waals surface area contributed by atoms with Gasteiger partial charge in [0.1, 0.15) is 0 Å².